The van der Waals surface area contributed by atoms with Crippen molar-refractivity contribution in [3.63, 3.8) is 0 Å². The van der Waals surface area contributed by atoms with Crippen LogP contribution >= 0.6 is 11.6 Å². The lowest BCUT2D eigenvalue weighted by Crippen LogP contribution is -2.40. The number of hydrogen-bond donors (Lipinski definition) is 3. The first-order valence-corrected chi connectivity index (χ1v) is 13.5. The van der Waals surface area contributed by atoms with Crippen molar-refractivity contribution in [3.05, 3.63) is 58.1 Å². The van der Waals surface area contributed by atoms with Crippen LogP contribution in [0.25, 0.3) is 0 Å². The molecule has 0 heterocycles. The summed E-state index contributed by atoms with van der Waals surface area (Å²) < 4.78 is 39.1. The molecule has 218 valence electrons. The SMILES string of the molecule is CN(C)c1ccc(NC(=O)c2cc(CNC(=O)C(C)(C)C)ccc2Cl)cc1C(=O)N[C@H]1CC[C@H](C(F)(F)F)CC1. The summed E-state index contributed by atoms with van der Waals surface area (Å²) in [5, 5.41) is 8.69. The van der Waals surface area contributed by atoms with Gasteiger partial charge in [-0.25, -0.2) is 0 Å². The standard InChI is InChI=1S/C29H36ClF3N4O3/c1-28(2,3)27(40)34-16-17-6-12-23(30)21(14-17)25(38)36-20-11-13-24(37(4)5)22(15-20)26(39)35-19-9-7-18(8-10-19)29(31,32)33/h6,11-15,18-19H,7-10,16H2,1-5H3,(H,34,40)(H,35,39)(H,36,38)/t18-,19-. The molecular weight excluding hydrogens is 545 g/mol. The number of nitrogens with one attached hydrogen (secondary N) is 3. The van der Waals surface area contributed by atoms with Crippen LogP contribution in [0.3, 0.4) is 0 Å². The lowest BCUT2D eigenvalue weighted by atomic mass is 9.85. The van der Waals surface area contributed by atoms with E-state index in [9.17, 15) is 27.6 Å². The molecule has 1 aliphatic rings. The van der Waals surface area contributed by atoms with Crippen molar-refractivity contribution < 1.29 is 27.6 Å². The average Bonchev–Trinajstić information content (AvgIpc) is 2.86. The monoisotopic (exact) mass is 580 g/mol. The first kappa shape index (κ1) is 31.3. The fraction of sp³-hybridized carbons (Fsp3) is 0.483. The molecule has 0 spiro atoms. The summed E-state index contributed by atoms with van der Waals surface area (Å²) in [6.07, 6.45) is -3.78. The molecule has 0 atom stereocenters. The molecule has 0 bridgehead atoms. The van der Waals surface area contributed by atoms with Crippen LogP contribution in [0.4, 0.5) is 24.5 Å². The third-order valence-electron chi connectivity index (χ3n) is 6.92. The molecule has 0 aromatic heterocycles. The number of alkyl halides is 3. The van der Waals surface area contributed by atoms with Crippen molar-refractivity contribution >= 4 is 40.7 Å². The zero-order valence-corrected chi connectivity index (χ0v) is 24.1. The highest BCUT2D eigenvalue weighted by Crippen LogP contribution is 2.37. The summed E-state index contributed by atoms with van der Waals surface area (Å²) in [6.45, 7) is 5.63. The Kier molecular flexibility index (Phi) is 9.76. The minimum absolute atomic E-state index is 0.0230. The summed E-state index contributed by atoms with van der Waals surface area (Å²) in [6, 6.07) is 9.41. The van der Waals surface area contributed by atoms with E-state index in [2.05, 4.69) is 16.0 Å². The Morgan fingerprint density at radius 2 is 1.57 bits per heavy atom. The molecule has 3 amide bonds. The Labute approximate surface area is 237 Å². The molecule has 1 aliphatic carbocycles. The molecule has 0 aliphatic heterocycles. The van der Waals surface area contributed by atoms with Gasteiger partial charge in [-0.1, -0.05) is 38.4 Å². The second kappa shape index (κ2) is 12.5. The number of nitrogens with zero attached hydrogens (tertiary/aromatic N) is 1. The molecular formula is C29H36ClF3N4O3. The second-order valence-electron chi connectivity index (χ2n) is 11.4. The molecule has 40 heavy (non-hydrogen) atoms. The van der Waals surface area contributed by atoms with E-state index in [1.165, 1.54) is 6.07 Å². The number of carbonyl (C=O) groups excluding carboxylic acids is 3. The summed E-state index contributed by atoms with van der Waals surface area (Å²) in [5.41, 5.74) is 1.56. The van der Waals surface area contributed by atoms with E-state index in [0.717, 1.165) is 0 Å². The first-order chi connectivity index (χ1) is 18.6. The van der Waals surface area contributed by atoms with Crippen LogP contribution < -0.4 is 20.9 Å². The molecule has 1 fully saturated rings. The number of benzene rings is 2. The van der Waals surface area contributed by atoms with Gasteiger partial charge in [-0.3, -0.25) is 14.4 Å². The molecule has 11 heteroatoms. The third kappa shape index (κ3) is 8.13. The summed E-state index contributed by atoms with van der Waals surface area (Å²) >= 11 is 6.30. The highest BCUT2D eigenvalue weighted by Gasteiger charge is 2.41. The van der Waals surface area contributed by atoms with Gasteiger partial charge in [0.15, 0.2) is 0 Å². The second-order valence-corrected chi connectivity index (χ2v) is 11.8. The van der Waals surface area contributed by atoms with Crippen LogP contribution in [-0.4, -0.2) is 44.0 Å². The lowest BCUT2D eigenvalue weighted by Gasteiger charge is -2.30. The number of anilines is 2. The number of halogens is 4. The number of carbonyl (C=O) groups is 3. The Morgan fingerprint density at radius 1 is 0.925 bits per heavy atom. The smallest absolute Gasteiger partial charge is 0.377 e. The fourth-order valence-electron chi connectivity index (χ4n) is 4.52. The minimum atomic E-state index is -4.22. The van der Waals surface area contributed by atoms with Gasteiger partial charge in [-0.05, 0) is 61.6 Å². The number of hydrogen-bond acceptors (Lipinski definition) is 4. The lowest BCUT2D eigenvalue weighted by molar-refractivity contribution is -0.182. The van der Waals surface area contributed by atoms with Crippen LogP contribution in [0.2, 0.25) is 5.02 Å². The first-order valence-electron chi connectivity index (χ1n) is 13.1. The van der Waals surface area contributed by atoms with Crippen LogP contribution in [-0.2, 0) is 11.3 Å². The van der Waals surface area contributed by atoms with E-state index >= 15 is 0 Å². The van der Waals surface area contributed by atoms with E-state index in [0.29, 0.717) is 16.9 Å². The zero-order chi connectivity index (χ0) is 29.8. The molecule has 2 aromatic rings. The van der Waals surface area contributed by atoms with E-state index in [4.69, 9.17) is 11.6 Å². The van der Waals surface area contributed by atoms with Gasteiger partial charge in [-0.2, -0.15) is 13.2 Å². The molecule has 3 N–H and O–H groups in total. The van der Waals surface area contributed by atoms with E-state index in [1.54, 1.807) is 70.1 Å². The Morgan fingerprint density at radius 3 is 2.15 bits per heavy atom. The van der Waals surface area contributed by atoms with Gasteiger partial charge in [0.2, 0.25) is 5.91 Å². The maximum Gasteiger partial charge on any atom is 0.391 e. The van der Waals surface area contributed by atoms with Crippen LogP contribution in [0.15, 0.2) is 36.4 Å². The van der Waals surface area contributed by atoms with E-state index in [-0.39, 0.29) is 60.3 Å². The summed E-state index contributed by atoms with van der Waals surface area (Å²) in [7, 11) is 3.53. The van der Waals surface area contributed by atoms with Crippen molar-refractivity contribution in [2.24, 2.45) is 11.3 Å². The fourth-order valence-corrected chi connectivity index (χ4v) is 4.72. The number of amides is 3. The van der Waals surface area contributed by atoms with Crippen molar-refractivity contribution in [3.8, 4) is 0 Å². The predicted molar refractivity (Wildman–Crippen MR) is 151 cm³/mol. The van der Waals surface area contributed by atoms with Crippen molar-refractivity contribution in [2.75, 3.05) is 24.3 Å². The van der Waals surface area contributed by atoms with Gasteiger partial charge in [0.05, 0.1) is 22.1 Å². The van der Waals surface area contributed by atoms with Gasteiger partial charge < -0.3 is 20.9 Å². The van der Waals surface area contributed by atoms with Crippen LogP contribution in [0.1, 0.15) is 72.7 Å². The molecule has 1 saturated carbocycles. The maximum atomic E-state index is 13.2. The van der Waals surface area contributed by atoms with E-state index in [1.807, 2.05) is 0 Å². The van der Waals surface area contributed by atoms with Gasteiger partial charge in [0, 0.05) is 43.5 Å². The Balaban J connectivity index is 1.74. The molecule has 7 nitrogen and oxygen atoms in total. The topological polar surface area (TPSA) is 90.5 Å². The summed E-state index contributed by atoms with van der Waals surface area (Å²) in [5.74, 6) is -2.39. The molecule has 0 saturated heterocycles. The third-order valence-corrected chi connectivity index (χ3v) is 7.25. The normalized spacial score (nSPS) is 17.6. The molecule has 0 radical (unpaired) electrons. The van der Waals surface area contributed by atoms with E-state index < -0.39 is 29.3 Å². The predicted octanol–water partition coefficient (Wildman–Crippen LogP) is 6.17. The van der Waals surface area contributed by atoms with Gasteiger partial charge in [0.25, 0.3) is 11.8 Å². The highest BCUT2D eigenvalue weighted by atomic mass is 35.5. The van der Waals surface area contributed by atoms with Gasteiger partial charge in [-0.15, -0.1) is 0 Å². The summed E-state index contributed by atoms with van der Waals surface area (Å²) in [4.78, 5) is 40.3. The van der Waals surface area contributed by atoms with Crippen molar-refractivity contribution in [2.45, 2.75) is 65.2 Å². The number of rotatable bonds is 7. The quantitative estimate of drug-likeness (QED) is 0.365. The molecule has 3 rings (SSSR count). The average molecular weight is 581 g/mol. The zero-order valence-electron chi connectivity index (χ0n) is 23.3. The van der Waals surface area contributed by atoms with Gasteiger partial charge in [0.1, 0.15) is 0 Å². The molecule has 0 unspecified atom stereocenters. The van der Waals surface area contributed by atoms with Crippen molar-refractivity contribution in [1.82, 2.24) is 10.6 Å². The Bertz CT molecular complexity index is 1250. The highest BCUT2D eigenvalue weighted by molar-refractivity contribution is 6.34. The van der Waals surface area contributed by atoms with Crippen LogP contribution in [0, 0.1) is 11.3 Å². The maximum absolute atomic E-state index is 13.2. The van der Waals surface area contributed by atoms with Gasteiger partial charge >= 0.3 is 6.18 Å². The van der Waals surface area contributed by atoms with Crippen molar-refractivity contribution in [1.29, 1.82) is 0 Å². The largest absolute Gasteiger partial charge is 0.391 e. The minimum Gasteiger partial charge on any atom is -0.377 e. The van der Waals surface area contributed by atoms with Crippen LogP contribution in [0.5, 0.6) is 0 Å². The molecule has 2 aromatic carbocycles. The Hall–Kier alpha value is -3.27.